The predicted octanol–water partition coefficient (Wildman–Crippen LogP) is 1.05. The van der Waals surface area contributed by atoms with Crippen molar-refractivity contribution in [2.45, 2.75) is 37.3 Å². The van der Waals surface area contributed by atoms with Gasteiger partial charge in [0.25, 0.3) is 11.5 Å². The lowest BCUT2D eigenvalue weighted by Crippen LogP contribution is -2.45. The Labute approximate surface area is 126 Å². The molecule has 2 N–H and O–H groups in total. The fourth-order valence-corrected chi connectivity index (χ4v) is 3.34. The molecule has 1 aliphatic heterocycles. The molecule has 1 aromatic carbocycles. The van der Waals surface area contributed by atoms with Crippen LogP contribution >= 0.6 is 0 Å². The van der Waals surface area contributed by atoms with E-state index in [0.29, 0.717) is 17.6 Å². The largest absolute Gasteiger partial charge is 0.388 e. The Morgan fingerprint density at radius 1 is 1.36 bits per heavy atom. The first-order chi connectivity index (χ1) is 10.6. The molecule has 22 heavy (non-hydrogen) atoms. The van der Waals surface area contributed by atoms with Gasteiger partial charge in [-0.05, 0) is 37.8 Å². The maximum atomic E-state index is 12.7. The Hall–Kier alpha value is -2.21. The minimum atomic E-state index is -0.754. The summed E-state index contributed by atoms with van der Waals surface area (Å²) in [4.78, 5) is 33.5. The van der Waals surface area contributed by atoms with Crippen LogP contribution in [0.4, 0.5) is 0 Å². The average molecular weight is 299 g/mol. The number of amides is 1. The smallest absolute Gasteiger partial charge is 0.280 e. The van der Waals surface area contributed by atoms with Gasteiger partial charge in [-0.2, -0.15) is 0 Å². The number of hydrogen-bond acceptors (Lipinski definition) is 4. The highest BCUT2D eigenvalue weighted by Crippen LogP contribution is 2.44. The molecule has 1 atom stereocenters. The first-order valence-corrected chi connectivity index (χ1v) is 7.61. The number of carbonyl (C=O) groups excluding carboxylic acids is 1. The molecule has 2 heterocycles. The van der Waals surface area contributed by atoms with Crippen LogP contribution in [0.3, 0.4) is 0 Å². The van der Waals surface area contributed by atoms with E-state index >= 15 is 0 Å². The number of rotatable bonds is 2. The highest BCUT2D eigenvalue weighted by atomic mass is 16.3. The standard InChI is InChI=1S/C16H17N3O3/c20-14-13(17-10-4-1-2-5-11(10)18-14)15(21)19-9-3-6-12(19)16(22)7-8-16/h1-2,4-5,12,22H,3,6-9H2,(H,18,20). The number of nitrogens with zero attached hydrogens (tertiary/aromatic N) is 2. The van der Waals surface area contributed by atoms with E-state index in [4.69, 9.17) is 0 Å². The summed E-state index contributed by atoms with van der Waals surface area (Å²) >= 11 is 0. The fraction of sp³-hybridized carbons (Fsp3) is 0.438. The van der Waals surface area contributed by atoms with E-state index in [1.165, 1.54) is 0 Å². The van der Waals surface area contributed by atoms with Crippen LogP contribution in [0, 0.1) is 0 Å². The zero-order valence-corrected chi connectivity index (χ0v) is 12.1. The van der Waals surface area contributed by atoms with Crippen LogP contribution in [0.15, 0.2) is 29.1 Å². The van der Waals surface area contributed by atoms with Crippen LogP contribution < -0.4 is 5.56 Å². The maximum Gasteiger partial charge on any atom is 0.280 e. The van der Waals surface area contributed by atoms with Gasteiger partial charge in [0.15, 0.2) is 5.69 Å². The van der Waals surface area contributed by atoms with Crippen molar-refractivity contribution in [2.24, 2.45) is 0 Å². The lowest BCUT2D eigenvalue weighted by atomic mass is 10.1. The predicted molar refractivity (Wildman–Crippen MR) is 80.6 cm³/mol. The van der Waals surface area contributed by atoms with Gasteiger partial charge in [0.1, 0.15) is 0 Å². The summed E-state index contributed by atoms with van der Waals surface area (Å²) in [5.41, 5.74) is -0.114. The monoisotopic (exact) mass is 299 g/mol. The fourth-order valence-electron chi connectivity index (χ4n) is 3.34. The maximum absolute atomic E-state index is 12.7. The van der Waals surface area contributed by atoms with Gasteiger partial charge >= 0.3 is 0 Å². The minimum Gasteiger partial charge on any atom is -0.388 e. The van der Waals surface area contributed by atoms with E-state index < -0.39 is 11.2 Å². The zero-order valence-electron chi connectivity index (χ0n) is 12.1. The highest BCUT2D eigenvalue weighted by Gasteiger charge is 2.53. The molecule has 2 fully saturated rings. The average Bonchev–Trinajstić information content (AvgIpc) is 3.07. The molecule has 6 nitrogen and oxygen atoms in total. The quantitative estimate of drug-likeness (QED) is 0.868. The second-order valence-electron chi connectivity index (χ2n) is 6.19. The SMILES string of the molecule is O=C(c1nc2ccccc2[nH]c1=O)N1CCCC1C1(O)CC1. The van der Waals surface area contributed by atoms with Crippen LogP contribution in [0.1, 0.15) is 36.2 Å². The van der Waals surface area contributed by atoms with Crippen molar-refractivity contribution >= 4 is 16.9 Å². The van der Waals surface area contributed by atoms with Gasteiger partial charge in [0, 0.05) is 6.54 Å². The molecule has 1 aliphatic carbocycles. The lowest BCUT2D eigenvalue weighted by molar-refractivity contribution is 0.0381. The summed E-state index contributed by atoms with van der Waals surface area (Å²) in [6.45, 7) is 0.569. The van der Waals surface area contributed by atoms with Crippen LogP contribution in [0.2, 0.25) is 0 Å². The van der Waals surface area contributed by atoms with Crippen molar-refractivity contribution in [2.75, 3.05) is 6.54 Å². The van der Waals surface area contributed by atoms with E-state index in [2.05, 4.69) is 9.97 Å². The number of aromatic amines is 1. The van der Waals surface area contributed by atoms with Gasteiger partial charge in [-0.1, -0.05) is 12.1 Å². The molecular weight excluding hydrogens is 282 g/mol. The summed E-state index contributed by atoms with van der Waals surface area (Å²) in [7, 11) is 0. The Balaban J connectivity index is 1.73. The third kappa shape index (κ3) is 2.02. The Kier molecular flexibility index (Phi) is 2.84. The molecule has 0 spiro atoms. The number of aliphatic hydroxyl groups is 1. The van der Waals surface area contributed by atoms with Gasteiger partial charge in [0.05, 0.1) is 22.7 Å². The second kappa shape index (κ2) is 4.64. The summed E-state index contributed by atoms with van der Waals surface area (Å²) in [6.07, 6.45) is 3.09. The number of fused-ring (bicyclic) bond motifs is 1. The van der Waals surface area contributed by atoms with E-state index in [-0.39, 0.29) is 17.6 Å². The number of nitrogens with one attached hydrogen (secondary N) is 1. The van der Waals surface area contributed by atoms with E-state index in [1.54, 1.807) is 23.1 Å². The number of likely N-dealkylation sites (tertiary alicyclic amines) is 1. The van der Waals surface area contributed by atoms with Gasteiger partial charge in [0.2, 0.25) is 0 Å². The second-order valence-corrected chi connectivity index (χ2v) is 6.19. The molecule has 6 heteroatoms. The van der Waals surface area contributed by atoms with Crippen LogP contribution in [-0.2, 0) is 0 Å². The first kappa shape index (κ1) is 13.5. The minimum absolute atomic E-state index is 0.0881. The highest BCUT2D eigenvalue weighted by molar-refractivity contribution is 5.94. The topological polar surface area (TPSA) is 86.3 Å². The summed E-state index contributed by atoms with van der Waals surface area (Å²) in [5, 5.41) is 10.3. The summed E-state index contributed by atoms with van der Waals surface area (Å²) in [6, 6.07) is 6.95. The summed E-state index contributed by atoms with van der Waals surface area (Å²) in [5.74, 6) is -0.380. The molecule has 1 saturated carbocycles. The van der Waals surface area contributed by atoms with Gasteiger partial charge in [-0.25, -0.2) is 4.98 Å². The Morgan fingerprint density at radius 3 is 2.91 bits per heavy atom. The number of para-hydroxylation sites is 2. The molecule has 0 radical (unpaired) electrons. The molecule has 0 bridgehead atoms. The van der Waals surface area contributed by atoms with E-state index in [9.17, 15) is 14.7 Å². The molecule has 114 valence electrons. The van der Waals surface area contributed by atoms with Gasteiger partial charge in [-0.3, -0.25) is 9.59 Å². The van der Waals surface area contributed by atoms with E-state index in [1.807, 2.05) is 6.07 Å². The molecule has 1 aromatic heterocycles. The number of H-pyrrole nitrogens is 1. The molecular formula is C16H17N3O3. The first-order valence-electron chi connectivity index (χ1n) is 7.61. The van der Waals surface area contributed by atoms with Crippen molar-refractivity contribution in [3.05, 3.63) is 40.3 Å². The van der Waals surface area contributed by atoms with Crippen molar-refractivity contribution < 1.29 is 9.90 Å². The van der Waals surface area contributed by atoms with E-state index in [0.717, 1.165) is 25.7 Å². The molecule has 1 amide bonds. The number of carbonyl (C=O) groups is 1. The zero-order chi connectivity index (χ0) is 15.3. The van der Waals surface area contributed by atoms with Crippen LogP contribution in [0.5, 0.6) is 0 Å². The molecule has 4 rings (SSSR count). The van der Waals surface area contributed by atoms with Gasteiger partial charge < -0.3 is 15.0 Å². The third-order valence-electron chi connectivity index (χ3n) is 4.70. The number of benzene rings is 1. The lowest BCUT2D eigenvalue weighted by Gasteiger charge is -2.28. The Morgan fingerprint density at radius 2 is 2.14 bits per heavy atom. The molecule has 2 aromatic rings. The van der Waals surface area contributed by atoms with Crippen molar-refractivity contribution in [3.63, 3.8) is 0 Å². The van der Waals surface area contributed by atoms with Crippen molar-refractivity contribution in [1.82, 2.24) is 14.9 Å². The Bertz CT molecular complexity index is 810. The third-order valence-corrected chi connectivity index (χ3v) is 4.70. The molecule has 1 unspecified atom stereocenters. The van der Waals surface area contributed by atoms with Gasteiger partial charge in [-0.15, -0.1) is 0 Å². The number of aromatic nitrogens is 2. The van der Waals surface area contributed by atoms with Crippen LogP contribution in [0.25, 0.3) is 11.0 Å². The van der Waals surface area contributed by atoms with Crippen molar-refractivity contribution in [1.29, 1.82) is 0 Å². The molecule has 1 saturated heterocycles. The van der Waals surface area contributed by atoms with Crippen molar-refractivity contribution in [3.8, 4) is 0 Å². The van der Waals surface area contributed by atoms with Crippen LogP contribution in [-0.4, -0.2) is 44.1 Å². The normalized spacial score (nSPS) is 23.0. The summed E-state index contributed by atoms with van der Waals surface area (Å²) < 4.78 is 0. The number of hydrogen-bond donors (Lipinski definition) is 2. The molecule has 2 aliphatic rings.